The molecule has 2 atom stereocenters. The first-order valence-electron chi connectivity index (χ1n) is 6.63. The second-order valence-electron chi connectivity index (χ2n) is 4.26. The van der Waals surface area contributed by atoms with Crippen LogP contribution in [0.4, 0.5) is 0 Å². The highest BCUT2D eigenvalue weighted by Gasteiger charge is 2.27. The van der Waals surface area contributed by atoms with Crippen molar-refractivity contribution < 1.29 is 13.6 Å². The molecule has 0 saturated carbocycles. The Bertz CT molecular complexity index is 340. The van der Waals surface area contributed by atoms with Gasteiger partial charge in [-0.1, -0.05) is 51.3 Å². The van der Waals surface area contributed by atoms with Gasteiger partial charge in [-0.25, -0.2) is 4.52 Å². The molecule has 0 spiro atoms. The summed E-state index contributed by atoms with van der Waals surface area (Å²) in [7, 11) is -2.07. The van der Waals surface area contributed by atoms with Gasteiger partial charge in [0.05, 0.1) is 0 Å². The van der Waals surface area contributed by atoms with Gasteiger partial charge >= 0.3 is 8.25 Å². The molecule has 0 amide bonds. The molecule has 0 aliphatic rings. The van der Waals surface area contributed by atoms with E-state index in [0.29, 0.717) is 5.75 Å². The van der Waals surface area contributed by atoms with E-state index in [0.717, 1.165) is 19.3 Å². The zero-order chi connectivity index (χ0) is 13.2. The first-order chi connectivity index (χ1) is 8.76. The van der Waals surface area contributed by atoms with E-state index in [-0.39, 0.29) is 6.10 Å². The standard InChI is InChI=1S/C14H22O3P/c1-3-5-7-10-13(4-2)16-18(15)17-14-11-8-6-9-12-14/h6,8-9,11-13H,3-5,7,10H2,1-2H3/q+1. The normalized spacial score (nSPS) is 13.1. The number of unbranched alkanes of at least 4 members (excludes halogenated alkanes) is 2. The lowest BCUT2D eigenvalue weighted by Crippen LogP contribution is -2.08. The van der Waals surface area contributed by atoms with Gasteiger partial charge in [-0.15, -0.1) is 4.52 Å². The zero-order valence-electron chi connectivity index (χ0n) is 11.2. The molecule has 2 unspecified atom stereocenters. The van der Waals surface area contributed by atoms with Crippen molar-refractivity contribution in [3.63, 3.8) is 0 Å². The van der Waals surface area contributed by atoms with E-state index in [4.69, 9.17) is 9.05 Å². The van der Waals surface area contributed by atoms with Crippen LogP contribution in [0, 0.1) is 0 Å². The molecule has 3 nitrogen and oxygen atoms in total. The number of benzene rings is 1. The van der Waals surface area contributed by atoms with Gasteiger partial charge in [-0.2, -0.15) is 0 Å². The SMILES string of the molecule is CCCCCC(CC)O[P+](=O)Oc1ccccc1. The quantitative estimate of drug-likeness (QED) is 0.462. The second-order valence-corrected chi connectivity index (χ2v) is 5.10. The number of hydrogen-bond donors (Lipinski definition) is 0. The molecule has 1 rings (SSSR count). The molecular formula is C14H22O3P+. The van der Waals surface area contributed by atoms with Crippen molar-refractivity contribution in [1.82, 2.24) is 0 Å². The van der Waals surface area contributed by atoms with Gasteiger partial charge in [0.1, 0.15) is 6.10 Å². The molecule has 4 heteroatoms. The van der Waals surface area contributed by atoms with E-state index >= 15 is 0 Å². The molecule has 0 aliphatic heterocycles. The summed E-state index contributed by atoms with van der Waals surface area (Å²) in [6.07, 6.45) is 5.33. The van der Waals surface area contributed by atoms with Crippen LogP contribution < -0.4 is 4.52 Å². The van der Waals surface area contributed by atoms with Crippen LogP contribution in [-0.4, -0.2) is 6.10 Å². The highest BCUT2D eigenvalue weighted by atomic mass is 31.1. The summed E-state index contributed by atoms with van der Waals surface area (Å²) in [5.74, 6) is 0.585. The Morgan fingerprint density at radius 2 is 1.89 bits per heavy atom. The van der Waals surface area contributed by atoms with Crippen molar-refractivity contribution in [3.8, 4) is 5.75 Å². The Morgan fingerprint density at radius 1 is 1.17 bits per heavy atom. The van der Waals surface area contributed by atoms with Gasteiger partial charge in [0.15, 0.2) is 5.75 Å². The van der Waals surface area contributed by atoms with E-state index in [2.05, 4.69) is 6.92 Å². The third kappa shape index (κ3) is 6.13. The van der Waals surface area contributed by atoms with Crippen LogP contribution in [0.15, 0.2) is 30.3 Å². The maximum Gasteiger partial charge on any atom is 0.750 e. The molecule has 0 N–H and O–H groups in total. The minimum Gasteiger partial charge on any atom is -0.229 e. The third-order valence-electron chi connectivity index (χ3n) is 2.74. The topological polar surface area (TPSA) is 35.5 Å². The summed E-state index contributed by atoms with van der Waals surface area (Å²) >= 11 is 0. The first-order valence-corrected chi connectivity index (χ1v) is 7.72. The highest BCUT2D eigenvalue weighted by Crippen LogP contribution is 2.31. The molecule has 1 aromatic carbocycles. The third-order valence-corrected chi connectivity index (χ3v) is 3.57. The molecular weight excluding hydrogens is 247 g/mol. The zero-order valence-corrected chi connectivity index (χ0v) is 12.1. The van der Waals surface area contributed by atoms with Gasteiger partial charge in [0.2, 0.25) is 0 Å². The first kappa shape index (κ1) is 15.1. The summed E-state index contributed by atoms with van der Waals surface area (Å²) in [5.41, 5.74) is 0. The van der Waals surface area contributed by atoms with Crippen molar-refractivity contribution in [3.05, 3.63) is 30.3 Å². The van der Waals surface area contributed by atoms with Crippen LogP contribution in [0.5, 0.6) is 5.75 Å². The molecule has 0 radical (unpaired) electrons. The summed E-state index contributed by atoms with van der Waals surface area (Å²) in [4.78, 5) is 0. The number of rotatable bonds is 9. The minimum absolute atomic E-state index is 0.0314. The van der Waals surface area contributed by atoms with Gasteiger partial charge < -0.3 is 0 Å². The fourth-order valence-corrected chi connectivity index (χ4v) is 2.50. The van der Waals surface area contributed by atoms with Gasteiger partial charge in [0, 0.05) is 4.57 Å². The fourth-order valence-electron chi connectivity index (χ4n) is 1.66. The molecule has 0 heterocycles. The minimum atomic E-state index is -2.07. The van der Waals surface area contributed by atoms with Crippen LogP contribution in [0.3, 0.4) is 0 Å². The molecule has 0 saturated heterocycles. The van der Waals surface area contributed by atoms with Crippen LogP contribution >= 0.6 is 8.25 Å². The molecule has 18 heavy (non-hydrogen) atoms. The molecule has 1 aromatic rings. The van der Waals surface area contributed by atoms with Crippen LogP contribution in [-0.2, 0) is 9.09 Å². The van der Waals surface area contributed by atoms with Crippen molar-refractivity contribution in [1.29, 1.82) is 0 Å². The maximum atomic E-state index is 11.7. The Hall–Kier alpha value is -0.920. The summed E-state index contributed by atoms with van der Waals surface area (Å²) in [6, 6.07) is 9.12. The van der Waals surface area contributed by atoms with E-state index in [1.54, 1.807) is 12.1 Å². The van der Waals surface area contributed by atoms with Gasteiger partial charge in [-0.05, 0) is 25.0 Å². The number of hydrogen-bond acceptors (Lipinski definition) is 3. The second kappa shape index (κ2) is 9.07. The predicted octanol–water partition coefficient (Wildman–Crippen LogP) is 5.10. The fraction of sp³-hybridized carbons (Fsp3) is 0.571. The van der Waals surface area contributed by atoms with Gasteiger partial charge in [0.25, 0.3) is 0 Å². The molecule has 0 aromatic heterocycles. The average Bonchev–Trinajstić information content (AvgIpc) is 2.39. The largest absolute Gasteiger partial charge is 0.750 e. The summed E-state index contributed by atoms with van der Waals surface area (Å²) in [5, 5.41) is 0. The van der Waals surface area contributed by atoms with E-state index in [9.17, 15) is 4.57 Å². The lowest BCUT2D eigenvalue weighted by Gasteiger charge is -2.06. The molecule has 0 aliphatic carbocycles. The summed E-state index contributed by atoms with van der Waals surface area (Å²) in [6.45, 7) is 4.21. The Labute approximate surface area is 110 Å². The highest BCUT2D eigenvalue weighted by molar-refractivity contribution is 7.33. The molecule has 0 fully saturated rings. The lowest BCUT2D eigenvalue weighted by molar-refractivity contribution is 0.174. The Kier molecular flexibility index (Phi) is 7.63. The monoisotopic (exact) mass is 269 g/mol. The number of para-hydroxylation sites is 1. The smallest absolute Gasteiger partial charge is 0.229 e. The average molecular weight is 269 g/mol. The van der Waals surface area contributed by atoms with E-state index in [1.165, 1.54) is 12.8 Å². The van der Waals surface area contributed by atoms with Crippen LogP contribution in [0.25, 0.3) is 0 Å². The Balaban J connectivity index is 2.33. The lowest BCUT2D eigenvalue weighted by atomic mass is 10.1. The maximum absolute atomic E-state index is 11.7. The molecule has 100 valence electrons. The molecule has 0 bridgehead atoms. The Morgan fingerprint density at radius 3 is 2.50 bits per heavy atom. The van der Waals surface area contributed by atoms with Crippen molar-refractivity contribution in [2.45, 2.75) is 52.1 Å². The van der Waals surface area contributed by atoms with Crippen LogP contribution in [0.2, 0.25) is 0 Å². The van der Waals surface area contributed by atoms with Crippen LogP contribution in [0.1, 0.15) is 46.0 Å². The van der Waals surface area contributed by atoms with Crippen molar-refractivity contribution in [2.24, 2.45) is 0 Å². The summed E-state index contributed by atoms with van der Waals surface area (Å²) < 4.78 is 22.4. The van der Waals surface area contributed by atoms with Crippen molar-refractivity contribution in [2.75, 3.05) is 0 Å². The van der Waals surface area contributed by atoms with E-state index < -0.39 is 8.25 Å². The van der Waals surface area contributed by atoms with E-state index in [1.807, 2.05) is 25.1 Å². The van der Waals surface area contributed by atoms with Crippen molar-refractivity contribution >= 4 is 8.25 Å². The predicted molar refractivity (Wildman–Crippen MR) is 74.0 cm³/mol. The van der Waals surface area contributed by atoms with Gasteiger partial charge in [-0.3, -0.25) is 0 Å².